The number of aliphatic hydroxyl groups is 1. The van der Waals surface area contributed by atoms with Crippen LogP contribution in [0.1, 0.15) is 50.3 Å². The maximum absolute atomic E-state index is 11.9. The second-order valence-electron chi connectivity index (χ2n) is 9.41. The summed E-state index contributed by atoms with van der Waals surface area (Å²) in [6.45, 7) is 9.65. The molecule has 1 fully saturated rings. The van der Waals surface area contributed by atoms with Crippen molar-refractivity contribution in [1.29, 1.82) is 0 Å². The molecule has 37 heavy (non-hydrogen) atoms. The molecule has 1 aliphatic rings. The SMILES string of the molecule is CCOc1cc2ncc(CC(N)=O)c(Nc3cccc(CN4CCC(O)CC4)c3CC)c2cc1OCC. The Morgan fingerprint density at radius 2 is 1.81 bits per heavy atom. The lowest BCUT2D eigenvalue weighted by molar-refractivity contribution is -0.117. The Morgan fingerprint density at radius 1 is 1.11 bits per heavy atom. The standard InChI is InChI=1S/C29H38N4O4/c1-4-22-19(18-33-12-10-21(34)11-13-33)8-7-9-24(22)32-29-20(14-28(30)35)17-31-25-16-27(37-6-3)26(36-5-2)15-23(25)29/h7-9,15-17,21,34H,4-6,10-14,18H2,1-3H3,(H2,30,35)(H,31,32). The van der Waals surface area contributed by atoms with Crippen LogP contribution in [0.3, 0.4) is 0 Å². The van der Waals surface area contributed by atoms with E-state index >= 15 is 0 Å². The molecule has 0 saturated carbocycles. The summed E-state index contributed by atoms with van der Waals surface area (Å²) in [5, 5.41) is 14.4. The van der Waals surface area contributed by atoms with Crippen LogP contribution in [0.5, 0.6) is 11.5 Å². The summed E-state index contributed by atoms with van der Waals surface area (Å²) in [6, 6.07) is 10.1. The molecule has 2 aromatic carbocycles. The lowest BCUT2D eigenvalue weighted by atomic mass is 9.99. The Morgan fingerprint density at radius 3 is 2.46 bits per heavy atom. The van der Waals surface area contributed by atoms with E-state index in [0.717, 1.165) is 66.7 Å². The smallest absolute Gasteiger partial charge is 0.221 e. The Bertz CT molecular complexity index is 1240. The number of fused-ring (bicyclic) bond motifs is 1. The fourth-order valence-electron chi connectivity index (χ4n) is 5.02. The van der Waals surface area contributed by atoms with Crippen molar-refractivity contribution in [1.82, 2.24) is 9.88 Å². The fraction of sp³-hybridized carbons (Fsp3) is 0.448. The number of hydrogen-bond donors (Lipinski definition) is 3. The number of carbonyl (C=O) groups excluding carboxylic acids is 1. The number of amides is 1. The second kappa shape index (κ2) is 12.3. The van der Waals surface area contributed by atoms with E-state index in [4.69, 9.17) is 15.2 Å². The number of hydrogen-bond acceptors (Lipinski definition) is 7. The summed E-state index contributed by atoms with van der Waals surface area (Å²) in [4.78, 5) is 19.0. The molecular weight excluding hydrogens is 468 g/mol. The Labute approximate surface area is 218 Å². The van der Waals surface area contributed by atoms with Crippen molar-refractivity contribution in [2.45, 2.75) is 59.1 Å². The predicted octanol–water partition coefficient (Wildman–Crippen LogP) is 4.32. The average molecular weight is 507 g/mol. The number of nitrogens with two attached hydrogens (primary N) is 1. The molecule has 1 aromatic heterocycles. The molecule has 1 saturated heterocycles. The van der Waals surface area contributed by atoms with Crippen molar-refractivity contribution in [2.24, 2.45) is 5.73 Å². The van der Waals surface area contributed by atoms with Crippen molar-refractivity contribution in [3.05, 3.63) is 53.2 Å². The maximum atomic E-state index is 11.9. The Balaban J connectivity index is 1.77. The van der Waals surface area contributed by atoms with Gasteiger partial charge in [0.25, 0.3) is 0 Å². The monoisotopic (exact) mass is 506 g/mol. The van der Waals surface area contributed by atoms with E-state index in [0.29, 0.717) is 24.7 Å². The molecular formula is C29H38N4O4. The number of rotatable bonds is 11. The number of benzene rings is 2. The first-order valence-corrected chi connectivity index (χ1v) is 13.2. The van der Waals surface area contributed by atoms with Crippen molar-refractivity contribution in [3.8, 4) is 11.5 Å². The molecule has 3 aromatic rings. The highest BCUT2D eigenvalue weighted by atomic mass is 16.5. The summed E-state index contributed by atoms with van der Waals surface area (Å²) >= 11 is 0. The number of carbonyl (C=O) groups is 1. The average Bonchev–Trinajstić information content (AvgIpc) is 2.87. The van der Waals surface area contributed by atoms with Gasteiger partial charge in [0.2, 0.25) is 5.91 Å². The highest BCUT2D eigenvalue weighted by Crippen LogP contribution is 2.38. The summed E-state index contributed by atoms with van der Waals surface area (Å²) in [5.41, 5.74) is 11.3. The summed E-state index contributed by atoms with van der Waals surface area (Å²) in [7, 11) is 0. The van der Waals surface area contributed by atoms with Gasteiger partial charge in [-0.05, 0) is 56.4 Å². The molecule has 0 unspecified atom stereocenters. The van der Waals surface area contributed by atoms with E-state index in [2.05, 4.69) is 40.3 Å². The van der Waals surface area contributed by atoms with Gasteiger partial charge < -0.3 is 25.6 Å². The zero-order chi connectivity index (χ0) is 26.4. The number of likely N-dealkylation sites (tertiary alicyclic amines) is 1. The molecule has 2 heterocycles. The number of aliphatic hydroxyl groups excluding tert-OH is 1. The molecule has 8 nitrogen and oxygen atoms in total. The quantitative estimate of drug-likeness (QED) is 0.355. The molecule has 0 atom stereocenters. The minimum absolute atomic E-state index is 0.0692. The topological polar surface area (TPSA) is 110 Å². The Kier molecular flexibility index (Phi) is 8.84. The number of anilines is 2. The Hall–Kier alpha value is -3.36. The molecule has 198 valence electrons. The largest absolute Gasteiger partial charge is 0.490 e. The number of pyridine rings is 1. The van der Waals surface area contributed by atoms with Gasteiger partial charge in [0, 0.05) is 48.5 Å². The highest BCUT2D eigenvalue weighted by molar-refractivity contribution is 5.98. The number of ether oxygens (including phenoxy) is 2. The number of nitrogens with one attached hydrogen (secondary N) is 1. The molecule has 4 N–H and O–H groups in total. The van der Waals surface area contributed by atoms with Crippen molar-refractivity contribution in [3.63, 3.8) is 0 Å². The van der Waals surface area contributed by atoms with Crippen LogP contribution in [-0.4, -0.2) is 53.3 Å². The van der Waals surface area contributed by atoms with E-state index in [1.165, 1.54) is 11.1 Å². The van der Waals surface area contributed by atoms with Crippen LogP contribution in [0, 0.1) is 0 Å². The van der Waals surface area contributed by atoms with Gasteiger partial charge in [-0.15, -0.1) is 0 Å². The van der Waals surface area contributed by atoms with E-state index in [-0.39, 0.29) is 12.5 Å². The summed E-state index contributed by atoms with van der Waals surface area (Å²) < 4.78 is 11.7. The number of primary amides is 1. The van der Waals surface area contributed by atoms with Crippen LogP contribution in [0.4, 0.5) is 11.4 Å². The van der Waals surface area contributed by atoms with Crippen LogP contribution < -0.4 is 20.5 Å². The molecule has 0 spiro atoms. The van der Waals surface area contributed by atoms with Gasteiger partial charge in [-0.3, -0.25) is 14.7 Å². The van der Waals surface area contributed by atoms with E-state index in [1.807, 2.05) is 26.0 Å². The zero-order valence-electron chi connectivity index (χ0n) is 22.0. The number of aromatic nitrogens is 1. The molecule has 0 radical (unpaired) electrons. The molecule has 4 rings (SSSR count). The van der Waals surface area contributed by atoms with Crippen LogP contribution in [-0.2, 0) is 24.2 Å². The molecule has 8 heteroatoms. The van der Waals surface area contributed by atoms with Crippen molar-refractivity contribution < 1.29 is 19.4 Å². The third kappa shape index (κ3) is 6.32. The van der Waals surface area contributed by atoms with Crippen LogP contribution in [0.15, 0.2) is 36.5 Å². The van der Waals surface area contributed by atoms with Crippen molar-refractivity contribution >= 4 is 28.2 Å². The summed E-state index contributed by atoms with van der Waals surface area (Å²) in [5.74, 6) is 0.854. The molecule has 0 bridgehead atoms. The summed E-state index contributed by atoms with van der Waals surface area (Å²) in [6.07, 6.45) is 4.06. The maximum Gasteiger partial charge on any atom is 0.221 e. The molecule has 1 amide bonds. The van der Waals surface area contributed by atoms with Crippen LogP contribution in [0.25, 0.3) is 10.9 Å². The molecule has 0 aliphatic carbocycles. The minimum Gasteiger partial charge on any atom is -0.490 e. The van der Waals surface area contributed by atoms with E-state index < -0.39 is 5.91 Å². The first-order chi connectivity index (χ1) is 17.9. The third-order valence-corrected chi connectivity index (χ3v) is 6.81. The minimum atomic E-state index is -0.420. The van der Waals surface area contributed by atoms with Gasteiger partial charge >= 0.3 is 0 Å². The van der Waals surface area contributed by atoms with E-state index in [9.17, 15) is 9.90 Å². The van der Waals surface area contributed by atoms with Crippen LogP contribution >= 0.6 is 0 Å². The number of piperidine rings is 1. The lowest BCUT2D eigenvalue weighted by Crippen LogP contribution is -2.35. The zero-order valence-corrected chi connectivity index (χ0v) is 22.0. The van der Waals surface area contributed by atoms with Gasteiger partial charge in [-0.1, -0.05) is 19.1 Å². The first-order valence-electron chi connectivity index (χ1n) is 13.2. The van der Waals surface area contributed by atoms with Gasteiger partial charge in [0.15, 0.2) is 11.5 Å². The second-order valence-corrected chi connectivity index (χ2v) is 9.41. The van der Waals surface area contributed by atoms with Gasteiger partial charge in [0.1, 0.15) is 0 Å². The highest BCUT2D eigenvalue weighted by Gasteiger charge is 2.20. The first kappa shape index (κ1) is 26.7. The predicted molar refractivity (Wildman–Crippen MR) is 147 cm³/mol. The van der Waals surface area contributed by atoms with Crippen molar-refractivity contribution in [2.75, 3.05) is 31.6 Å². The molecule has 1 aliphatic heterocycles. The normalized spacial score (nSPS) is 14.6. The fourth-order valence-corrected chi connectivity index (χ4v) is 5.02. The third-order valence-electron chi connectivity index (χ3n) is 6.81. The number of nitrogens with zero attached hydrogens (tertiary/aromatic N) is 2. The van der Waals surface area contributed by atoms with E-state index in [1.54, 1.807) is 6.20 Å². The van der Waals surface area contributed by atoms with Gasteiger partial charge in [-0.25, -0.2) is 0 Å². The van der Waals surface area contributed by atoms with Crippen LogP contribution in [0.2, 0.25) is 0 Å². The van der Waals surface area contributed by atoms with Gasteiger partial charge in [-0.2, -0.15) is 0 Å². The van der Waals surface area contributed by atoms with Gasteiger partial charge in [0.05, 0.1) is 36.9 Å². The lowest BCUT2D eigenvalue weighted by Gasteiger charge is -2.30.